The van der Waals surface area contributed by atoms with Crippen molar-refractivity contribution in [2.45, 2.75) is 0 Å². The third-order valence-corrected chi connectivity index (χ3v) is 7.17. The van der Waals surface area contributed by atoms with Crippen LogP contribution in [0.2, 0.25) is 0 Å². The lowest BCUT2D eigenvalue weighted by Crippen LogP contribution is -2.49. The fraction of sp³-hybridized carbons (Fsp3) is 0.321. The molecule has 2 aliphatic heterocycles. The summed E-state index contributed by atoms with van der Waals surface area (Å²) in [5.41, 5.74) is 4.95. The van der Waals surface area contributed by atoms with Gasteiger partial charge in [-0.3, -0.25) is 9.48 Å². The van der Waals surface area contributed by atoms with E-state index in [0.29, 0.717) is 37.7 Å². The number of nitrogens with zero attached hydrogens (tertiary/aromatic N) is 9. The number of likely N-dealkylation sites (tertiary alicyclic amines) is 1. The molecule has 6 rings (SSSR count). The highest BCUT2D eigenvalue weighted by Gasteiger charge is 2.23. The topological polar surface area (TPSA) is 98.6 Å². The van der Waals surface area contributed by atoms with Gasteiger partial charge in [-0.1, -0.05) is 5.92 Å². The Labute approximate surface area is 220 Å². The summed E-state index contributed by atoms with van der Waals surface area (Å²) in [6, 6.07) is 8.33. The van der Waals surface area contributed by atoms with Crippen molar-refractivity contribution in [3.8, 4) is 40.2 Å². The van der Waals surface area contributed by atoms with E-state index in [9.17, 15) is 10.1 Å². The Hall–Kier alpha value is -4.67. The molecule has 6 heterocycles. The summed E-state index contributed by atoms with van der Waals surface area (Å²) in [6.45, 7) is 4.52. The van der Waals surface area contributed by atoms with Crippen molar-refractivity contribution in [2.24, 2.45) is 13.0 Å². The SMILES string of the molecule is CN1CC(C#CC(=O)N2CCN(c3ccc(-c4cc(-c5cnn(C)c5)cn5ncc(C#N)c45)cn3)CC2)C1. The van der Waals surface area contributed by atoms with Crippen molar-refractivity contribution < 1.29 is 4.79 Å². The second-order valence-electron chi connectivity index (χ2n) is 9.88. The molecule has 4 aromatic rings. The van der Waals surface area contributed by atoms with E-state index >= 15 is 0 Å². The van der Waals surface area contributed by atoms with Crippen molar-refractivity contribution in [1.29, 1.82) is 5.26 Å². The van der Waals surface area contributed by atoms with Crippen LogP contribution in [0.15, 0.2) is 49.2 Å². The lowest BCUT2D eigenvalue weighted by Gasteiger charge is -2.35. The predicted molar refractivity (Wildman–Crippen MR) is 143 cm³/mol. The third-order valence-electron chi connectivity index (χ3n) is 7.17. The molecule has 0 bridgehead atoms. The maximum absolute atomic E-state index is 12.5. The molecule has 0 aromatic carbocycles. The van der Waals surface area contributed by atoms with Gasteiger partial charge in [0.25, 0.3) is 5.91 Å². The Morgan fingerprint density at radius 1 is 0.974 bits per heavy atom. The highest BCUT2D eigenvalue weighted by Crippen LogP contribution is 2.32. The van der Waals surface area contributed by atoms with Crippen LogP contribution in [0.4, 0.5) is 5.82 Å². The molecule has 0 N–H and O–H groups in total. The number of aryl methyl sites for hydroxylation is 1. The number of aromatic nitrogens is 5. The fourth-order valence-electron chi connectivity index (χ4n) is 5.06. The third kappa shape index (κ3) is 4.47. The second-order valence-corrected chi connectivity index (χ2v) is 9.88. The lowest BCUT2D eigenvalue weighted by molar-refractivity contribution is -0.125. The first kappa shape index (κ1) is 23.7. The molecule has 0 unspecified atom stereocenters. The first-order valence-electron chi connectivity index (χ1n) is 12.6. The first-order chi connectivity index (χ1) is 18.5. The summed E-state index contributed by atoms with van der Waals surface area (Å²) in [5, 5.41) is 18.4. The first-order valence-corrected chi connectivity index (χ1v) is 12.6. The monoisotopic (exact) mass is 505 g/mol. The van der Waals surface area contributed by atoms with E-state index in [-0.39, 0.29) is 5.91 Å². The summed E-state index contributed by atoms with van der Waals surface area (Å²) in [6.07, 6.45) is 9.09. The summed E-state index contributed by atoms with van der Waals surface area (Å²) < 4.78 is 3.50. The molecule has 0 radical (unpaired) electrons. The number of anilines is 1. The normalized spacial score (nSPS) is 16.1. The molecular weight excluding hydrogens is 478 g/mol. The molecule has 0 spiro atoms. The summed E-state index contributed by atoms with van der Waals surface area (Å²) in [4.78, 5) is 23.5. The van der Waals surface area contributed by atoms with Crippen LogP contribution in [0.1, 0.15) is 5.56 Å². The Morgan fingerprint density at radius 2 is 1.79 bits per heavy atom. The minimum atomic E-state index is -0.0888. The quantitative estimate of drug-likeness (QED) is 0.392. The average molecular weight is 506 g/mol. The van der Waals surface area contributed by atoms with Crippen LogP contribution in [0.5, 0.6) is 0 Å². The zero-order chi connectivity index (χ0) is 26.2. The van der Waals surface area contributed by atoms with Gasteiger partial charge in [0.2, 0.25) is 0 Å². The molecule has 2 fully saturated rings. The average Bonchev–Trinajstić information content (AvgIpc) is 3.56. The highest BCUT2D eigenvalue weighted by molar-refractivity contribution is 5.93. The number of rotatable bonds is 3. The molecule has 0 saturated carbocycles. The van der Waals surface area contributed by atoms with Crippen LogP contribution >= 0.6 is 0 Å². The zero-order valence-electron chi connectivity index (χ0n) is 21.4. The van der Waals surface area contributed by atoms with Crippen LogP contribution in [-0.2, 0) is 11.8 Å². The van der Waals surface area contributed by atoms with Gasteiger partial charge in [-0.15, -0.1) is 0 Å². The van der Waals surface area contributed by atoms with Crippen molar-refractivity contribution in [3.63, 3.8) is 0 Å². The number of carbonyl (C=O) groups excluding carboxylic acids is 1. The molecule has 4 aromatic heterocycles. The Morgan fingerprint density at radius 3 is 2.45 bits per heavy atom. The molecule has 2 aliphatic rings. The maximum atomic E-state index is 12.5. The molecule has 10 nitrogen and oxygen atoms in total. The number of hydrogen-bond acceptors (Lipinski definition) is 7. The van der Waals surface area contributed by atoms with Crippen molar-refractivity contribution >= 4 is 17.2 Å². The molecule has 38 heavy (non-hydrogen) atoms. The molecule has 1 amide bonds. The minimum absolute atomic E-state index is 0.0888. The predicted octanol–water partition coefficient (Wildman–Crippen LogP) is 1.88. The van der Waals surface area contributed by atoms with E-state index in [4.69, 9.17) is 4.98 Å². The van der Waals surface area contributed by atoms with Gasteiger partial charge in [-0.05, 0) is 31.2 Å². The van der Waals surface area contributed by atoms with Crippen LogP contribution < -0.4 is 4.90 Å². The maximum Gasteiger partial charge on any atom is 0.298 e. The molecule has 0 aliphatic carbocycles. The van der Waals surface area contributed by atoms with Crippen molar-refractivity contribution in [3.05, 3.63) is 54.7 Å². The smallest absolute Gasteiger partial charge is 0.298 e. The summed E-state index contributed by atoms with van der Waals surface area (Å²) in [5.74, 6) is 7.02. The number of fused-ring (bicyclic) bond motifs is 1. The number of amides is 1. The molecular formula is C28H27N9O. The summed E-state index contributed by atoms with van der Waals surface area (Å²) in [7, 11) is 3.94. The number of pyridine rings is 2. The van der Waals surface area contributed by atoms with Gasteiger partial charge in [0, 0.05) is 93.1 Å². The Bertz CT molecular complexity index is 1600. The van der Waals surface area contributed by atoms with E-state index in [1.807, 2.05) is 48.9 Å². The van der Waals surface area contributed by atoms with E-state index in [0.717, 1.165) is 46.7 Å². The van der Waals surface area contributed by atoms with Crippen LogP contribution in [-0.4, -0.2) is 86.4 Å². The van der Waals surface area contributed by atoms with Crippen molar-refractivity contribution in [2.75, 3.05) is 51.2 Å². The van der Waals surface area contributed by atoms with Gasteiger partial charge in [-0.25, -0.2) is 9.50 Å². The molecule has 190 valence electrons. The standard InChI is InChI=1S/C28H27N9O/c1-33-16-20(17-33)3-6-27(38)36-9-7-35(8-10-36)26-5-4-21(13-30-26)25-11-22(24-15-31-34(2)18-24)19-37-28(25)23(12-29)14-32-37/h4-5,11,13-15,18-20H,7-10,16-17H2,1-2H3. The Balaban J connectivity index is 1.20. The van der Waals surface area contributed by atoms with E-state index in [2.05, 4.69) is 51.0 Å². The van der Waals surface area contributed by atoms with Crippen LogP contribution in [0.3, 0.4) is 0 Å². The van der Waals surface area contributed by atoms with E-state index in [1.54, 1.807) is 15.4 Å². The molecule has 10 heteroatoms. The second kappa shape index (κ2) is 9.66. The fourth-order valence-corrected chi connectivity index (χ4v) is 5.06. The lowest BCUT2D eigenvalue weighted by atomic mass is 10.0. The van der Waals surface area contributed by atoms with E-state index in [1.165, 1.54) is 0 Å². The minimum Gasteiger partial charge on any atom is -0.353 e. The van der Waals surface area contributed by atoms with Gasteiger partial charge in [0.05, 0.1) is 23.5 Å². The van der Waals surface area contributed by atoms with Crippen LogP contribution in [0, 0.1) is 29.1 Å². The number of hydrogen-bond donors (Lipinski definition) is 0. The van der Waals surface area contributed by atoms with Crippen LogP contribution in [0.25, 0.3) is 27.8 Å². The van der Waals surface area contributed by atoms with Gasteiger partial charge in [0.1, 0.15) is 11.9 Å². The Kier molecular flexibility index (Phi) is 6.02. The number of nitriles is 1. The zero-order valence-corrected chi connectivity index (χ0v) is 21.4. The van der Waals surface area contributed by atoms with E-state index < -0.39 is 0 Å². The van der Waals surface area contributed by atoms with Gasteiger partial charge >= 0.3 is 0 Å². The van der Waals surface area contributed by atoms with Crippen molar-refractivity contribution in [1.82, 2.24) is 34.2 Å². The molecule has 0 atom stereocenters. The number of carbonyl (C=O) groups is 1. The highest BCUT2D eigenvalue weighted by atomic mass is 16.2. The number of piperazine rings is 1. The van der Waals surface area contributed by atoms with Gasteiger partial charge in [-0.2, -0.15) is 15.5 Å². The van der Waals surface area contributed by atoms with Gasteiger partial charge < -0.3 is 14.7 Å². The molecule has 2 saturated heterocycles. The largest absolute Gasteiger partial charge is 0.353 e. The van der Waals surface area contributed by atoms with Gasteiger partial charge in [0.15, 0.2) is 0 Å². The summed E-state index contributed by atoms with van der Waals surface area (Å²) >= 11 is 0.